The summed E-state index contributed by atoms with van der Waals surface area (Å²) >= 11 is 6.38. The summed E-state index contributed by atoms with van der Waals surface area (Å²) in [6.45, 7) is 5.23. The van der Waals surface area contributed by atoms with Crippen LogP contribution in [0.25, 0.3) is 0 Å². The number of carbonyl (C=O) groups excluding carboxylic acids is 3. The van der Waals surface area contributed by atoms with Gasteiger partial charge >= 0.3 is 6.03 Å². The van der Waals surface area contributed by atoms with E-state index in [2.05, 4.69) is 10.6 Å². The summed E-state index contributed by atoms with van der Waals surface area (Å²) in [6.07, 6.45) is -1.30. The Morgan fingerprint density at radius 2 is 1.72 bits per heavy atom. The van der Waals surface area contributed by atoms with Gasteiger partial charge in [0.15, 0.2) is 5.78 Å². The maximum absolute atomic E-state index is 13.9. The third-order valence-electron chi connectivity index (χ3n) is 6.34. The first kappa shape index (κ1) is 27.9. The van der Waals surface area contributed by atoms with Crippen molar-refractivity contribution in [1.82, 2.24) is 5.32 Å². The number of carbonyl (C=O) groups is 3. The maximum Gasteiger partial charge on any atom is 0.321 e. The first-order valence-corrected chi connectivity index (χ1v) is 12.9. The summed E-state index contributed by atoms with van der Waals surface area (Å²) in [7, 11) is 3.81. The van der Waals surface area contributed by atoms with E-state index in [1.165, 1.54) is 4.90 Å². The van der Waals surface area contributed by atoms with Crippen molar-refractivity contribution in [3.8, 4) is 0 Å². The zero-order chi connectivity index (χ0) is 28.3. The fourth-order valence-corrected chi connectivity index (χ4v) is 4.24. The molecule has 0 unspecified atom stereocenters. The van der Waals surface area contributed by atoms with E-state index in [4.69, 9.17) is 16.6 Å². The van der Waals surface area contributed by atoms with Crippen LogP contribution in [0.5, 0.6) is 0 Å². The van der Waals surface area contributed by atoms with Gasteiger partial charge in [-0.25, -0.2) is 9.79 Å². The van der Waals surface area contributed by atoms with Gasteiger partial charge in [-0.05, 0) is 36.4 Å². The van der Waals surface area contributed by atoms with E-state index < -0.39 is 23.5 Å². The molecule has 2 N–H and O–H groups in total. The summed E-state index contributed by atoms with van der Waals surface area (Å²) in [4.78, 5) is 48.2. The Balaban J connectivity index is 1.76. The molecule has 39 heavy (non-hydrogen) atoms. The SMILES string of the molecule is CN(C)c1cccc(NC(=O)N[C@@H]2N=C(c3ccccc3)c3cc(Cl)ccc3N(CC(=O)C(C)(C)C)C2=O)c1. The van der Waals surface area contributed by atoms with Crippen molar-refractivity contribution < 1.29 is 14.4 Å². The number of ketones is 1. The molecule has 0 bridgehead atoms. The highest BCUT2D eigenvalue weighted by molar-refractivity contribution is 6.32. The molecule has 8 nitrogen and oxygen atoms in total. The molecule has 0 saturated carbocycles. The average Bonchev–Trinajstić information content (AvgIpc) is 2.99. The van der Waals surface area contributed by atoms with Crippen molar-refractivity contribution in [3.05, 3.63) is 88.9 Å². The molecule has 0 aromatic heterocycles. The second kappa shape index (κ2) is 11.3. The minimum atomic E-state index is -1.30. The molecule has 1 aliphatic heterocycles. The summed E-state index contributed by atoms with van der Waals surface area (Å²) in [5.74, 6) is -0.664. The molecule has 4 rings (SSSR count). The van der Waals surface area contributed by atoms with Gasteiger partial charge in [-0.15, -0.1) is 0 Å². The van der Waals surface area contributed by atoms with Gasteiger partial charge in [0.1, 0.15) is 0 Å². The summed E-state index contributed by atoms with van der Waals surface area (Å²) in [6, 6.07) is 21.2. The Bertz CT molecular complexity index is 1430. The third kappa shape index (κ3) is 6.46. The topological polar surface area (TPSA) is 94.1 Å². The molecule has 1 heterocycles. The van der Waals surface area contributed by atoms with Crippen molar-refractivity contribution in [1.29, 1.82) is 0 Å². The van der Waals surface area contributed by atoms with Crippen LogP contribution in [0, 0.1) is 5.41 Å². The number of Topliss-reactive ketones (excluding diaryl/α,β-unsaturated/α-hetero) is 1. The molecule has 202 valence electrons. The Morgan fingerprint density at radius 1 is 1.00 bits per heavy atom. The summed E-state index contributed by atoms with van der Waals surface area (Å²) in [5.41, 5.74) is 3.08. The summed E-state index contributed by atoms with van der Waals surface area (Å²) < 4.78 is 0. The van der Waals surface area contributed by atoms with Crippen LogP contribution in [-0.4, -0.2) is 50.2 Å². The Morgan fingerprint density at radius 3 is 2.38 bits per heavy atom. The predicted octanol–water partition coefficient (Wildman–Crippen LogP) is 5.35. The monoisotopic (exact) mass is 545 g/mol. The lowest BCUT2D eigenvalue weighted by atomic mass is 9.90. The van der Waals surface area contributed by atoms with E-state index in [0.717, 1.165) is 11.3 Å². The number of halogens is 1. The molecule has 1 atom stereocenters. The average molecular weight is 546 g/mol. The molecule has 0 aliphatic carbocycles. The van der Waals surface area contributed by atoms with Gasteiger partial charge in [0, 0.05) is 47.0 Å². The highest BCUT2D eigenvalue weighted by Gasteiger charge is 2.36. The molecule has 9 heteroatoms. The Hall–Kier alpha value is -4.17. The summed E-state index contributed by atoms with van der Waals surface area (Å²) in [5, 5.41) is 5.95. The second-order valence-corrected chi connectivity index (χ2v) is 11.0. The molecule has 3 aromatic carbocycles. The lowest BCUT2D eigenvalue weighted by Gasteiger charge is -2.28. The van der Waals surface area contributed by atoms with Gasteiger partial charge in [0.05, 0.1) is 17.9 Å². The highest BCUT2D eigenvalue weighted by atomic mass is 35.5. The molecular formula is C30H32ClN5O3. The highest BCUT2D eigenvalue weighted by Crippen LogP contribution is 2.32. The van der Waals surface area contributed by atoms with Crippen molar-refractivity contribution in [2.75, 3.05) is 35.8 Å². The number of hydrogen-bond acceptors (Lipinski definition) is 5. The van der Waals surface area contributed by atoms with Crippen LogP contribution >= 0.6 is 11.6 Å². The largest absolute Gasteiger partial charge is 0.378 e. The van der Waals surface area contributed by atoms with Crippen molar-refractivity contribution in [3.63, 3.8) is 0 Å². The van der Waals surface area contributed by atoms with Crippen molar-refractivity contribution in [2.24, 2.45) is 10.4 Å². The van der Waals surface area contributed by atoms with E-state index in [1.807, 2.05) is 67.5 Å². The molecule has 0 saturated heterocycles. The number of urea groups is 1. The minimum Gasteiger partial charge on any atom is -0.378 e. The number of benzodiazepines with no additional fused rings is 1. The minimum absolute atomic E-state index is 0.136. The number of anilines is 3. The number of rotatable bonds is 6. The van der Waals surface area contributed by atoms with E-state index in [-0.39, 0.29) is 12.3 Å². The molecule has 0 fully saturated rings. The molecule has 0 spiro atoms. The van der Waals surface area contributed by atoms with Crippen molar-refractivity contribution in [2.45, 2.75) is 26.9 Å². The smallest absolute Gasteiger partial charge is 0.321 e. The fourth-order valence-electron chi connectivity index (χ4n) is 4.07. The molecule has 1 aliphatic rings. The standard InChI is InChI=1S/C30H32ClN5O3/c1-30(2,3)25(37)18-36-24-15-14-20(31)16-23(24)26(19-10-7-6-8-11-19)33-27(28(36)38)34-29(39)32-21-12-9-13-22(17-21)35(4)5/h6-17,27H,18H2,1-5H3,(H2,32,34,39)/t27-/m0/s1. The zero-order valence-electron chi connectivity index (χ0n) is 22.7. The maximum atomic E-state index is 13.9. The number of amides is 3. The fraction of sp³-hybridized carbons (Fsp3) is 0.267. The first-order valence-electron chi connectivity index (χ1n) is 12.6. The number of nitrogens with zero attached hydrogens (tertiary/aromatic N) is 3. The van der Waals surface area contributed by atoms with Crippen LogP contribution in [0.4, 0.5) is 21.9 Å². The molecule has 0 radical (unpaired) electrons. The quantitative estimate of drug-likeness (QED) is 0.436. The van der Waals surface area contributed by atoms with Gasteiger partial charge in [-0.1, -0.05) is 68.8 Å². The number of aliphatic imine (C=N–C) groups is 1. The van der Waals surface area contributed by atoms with Crippen molar-refractivity contribution >= 4 is 52.1 Å². The van der Waals surface area contributed by atoms with E-state index >= 15 is 0 Å². The van der Waals surface area contributed by atoms with Gasteiger partial charge in [0.2, 0.25) is 6.17 Å². The van der Waals surface area contributed by atoms with Gasteiger partial charge in [-0.3, -0.25) is 9.59 Å². The number of benzene rings is 3. The second-order valence-electron chi connectivity index (χ2n) is 10.5. The number of hydrogen-bond donors (Lipinski definition) is 2. The zero-order valence-corrected chi connectivity index (χ0v) is 23.4. The third-order valence-corrected chi connectivity index (χ3v) is 6.57. The normalized spacial score (nSPS) is 15.1. The lowest BCUT2D eigenvalue weighted by Crippen LogP contribution is -2.50. The van der Waals surface area contributed by atoms with Crippen LogP contribution < -0.4 is 20.4 Å². The number of fused-ring (bicyclic) bond motifs is 1. The molecule has 3 amide bonds. The Kier molecular flexibility index (Phi) is 8.06. The van der Waals surface area contributed by atoms with Gasteiger partial charge in [0.25, 0.3) is 5.91 Å². The lowest BCUT2D eigenvalue weighted by molar-refractivity contribution is -0.127. The van der Waals surface area contributed by atoms with Gasteiger partial charge in [-0.2, -0.15) is 0 Å². The van der Waals surface area contributed by atoms with Crippen LogP contribution in [0.15, 0.2) is 77.8 Å². The first-order chi connectivity index (χ1) is 18.4. The van der Waals surface area contributed by atoms with E-state index in [9.17, 15) is 14.4 Å². The van der Waals surface area contributed by atoms with Crippen LogP contribution in [0.3, 0.4) is 0 Å². The van der Waals surface area contributed by atoms with Gasteiger partial charge < -0.3 is 20.4 Å². The van der Waals surface area contributed by atoms with E-state index in [1.54, 1.807) is 45.0 Å². The van der Waals surface area contributed by atoms with Crippen LogP contribution in [0.1, 0.15) is 31.9 Å². The van der Waals surface area contributed by atoms with Crippen LogP contribution in [-0.2, 0) is 9.59 Å². The molecule has 3 aromatic rings. The predicted molar refractivity (Wildman–Crippen MR) is 157 cm³/mol. The van der Waals surface area contributed by atoms with Crippen LogP contribution in [0.2, 0.25) is 5.02 Å². The van der Waals surface area contributed by atoms with E-state index in [0.29, 0.717) is 27.7 Å². The molecular weight excluding hydrogens is 514 g/mol. The Labute approximate surface area is 233 Å². The number of nitrogens with one attached hydrogen (secondary N) is 2.